The Bertz CT molecular complexity index is 927. The molecule has 3 fully saturated rings. The van der Waals surface area contributed by atoms with E-state index in [4.69, 9.17) is 10.8 Å². The molecule has 164 valence electrons. The molecule has 3 N–H and O–H groups in total. The summed E-state index contributed by atoms with van der Waals surface area (Å²) < 4.78 is 0. The first-order valence-corrected chi connectivity index (χ1v) is 10.7. The van der Waals surface area contributed by atoms with Gasteiger partial charge in [0, 0.05) is 25.7 Å². The van der Waals surface area contributed by atoms with Gasteiger partial charge in [-0.1, -0.05) is 12.1 Å². The van der Waals surface area contributed by atoms with Crippen LogP contribution in [0.2, 0.25) is 0 Å². The van der Waals surface area contributed by atoms with Gasteiger partial charge in [-0.15, -0.1) is 0 Å². The molecule has 31 heavy (non-hydrogen) atoms. The van der Waals surface area contributed by atoms with Crippen LogP contribution in [0, 0.1) is 11.3 Å². The van der Waals surface area contributed by atoms with Crippen LogP contribution in [-0.4, -0.2) is 81.4 Å². The van der Waals surface area contributed by atoms with E-state index in [1.165, 1.54) is 0 Å². The largest absolute Gasteiger partial charge is 0.478 e. The van der Waals surface area contributed by atoms with Gasteiger partial charge in [0.1, 0.15) is 6.04 Å². The van der Waals surface area contributed by atoms with Crippen molar-refractivity contribution in [2.45, 2.75) is 56.4 Å². The maximum atomic E-state index is 13.1. The van der Waals surface area contributed by atoms with Gasteiger partial charge in [0.15, 0.2) is 0 Å². The number of carboxylic acid groups (broad SMARTS) is 1. The lowest BCUT2D eigenvalue weighted by Crippen LogP contribution is -2.56. The minimum Gasteiger partial charge on any atom is -0.478 e. The zero-order valence-corrected chi connectivity index (χ0v) is 17.5. The van der Waals surface area contributed by atoms with Gasteiger partial charge in [0.05, 0.1) is 29.8 Å². The quantitative estimate of drug-likeness (QED) is 0.681. The Morgan fingerprint density at radius 2 is 2.03 bits per heavy atom. The van der Waals surface area contributed by atoms with E-state index < -0.39 is 18.1 Å². The highest BCUT2D eigenvalue weighted by Crippen LogP contribution is 2.38. The van der Waals surface area contributed by atoms with Crippen molar-refractivity contribution in [3.63, 3.8) is 0 Å². The molecule has 0 aromatic heterocycles. The molecule has 3 saturated heterocycles. The molecule has 2 unspecified atom stereocenters. The minimum atomic E-state index is -0.980. The van der Waals surface area contributed by atoms with Crippen LogP contribution in [0.5, 0.6) is 0 Å². The van der Waals surface area contributed by atoms with Crippen LogP contribution in [0.25, 0.3) is 0 Å². The number of carbonyl (C=O) groups excluding carboxylic acids is 2. The number of likely N-dealkylation sites (tertiary alicyclic amines) is 3. The third-order valence-corrected chi connectivity index (χ3v) is 6.80. The average molecular weight is 425 g/mol. The summed E-state index contributed by atoms with van der Waals surface area (Å²) in [6.07, 6.45) is 2.19. The zero-order valence-electron chi connectivity index (χ0n) is 17.5. The van der Waals surface area contributed by atoms with Gasteiger partial charge < -0.3 is 20.6 Å². The minimum absolute atomic E-state index is 0.0155. The number of nitrogens with two attached hydrogens (primary N) is 1. The summed E-state index contributed by atoms with van der Waals surface area (Å²) in [6.45, 7) is 3.46. The Labute approximate surface area is 181 Å². The molecule has 2 amide bonds. The van der Waals surface area contributed by atoms with Crippen molar-refractivity contribution < 1.29 is 19.5 Å². The molecule has 4 rings (SSSR count). The molecule has 1 aromatic carbocycles. The van der Waals surface area contributed by atoms with Gasteiger partial charge in [0.2, 0.25) is 11.8 Å². The van der Waals surface area contributed by atoms with Crippen LogP contribution in [0.15, 0.2) is 24.3 Å². The lowest BCUT2D eigenvalue weighted by atomic mass is 10.0. The van der Waals surface area contributed by atoms with Crippen LogP contribution in [0.1, 0.15) is 48.1 Å². The van der Waals surface area contributed by atoms with E-state index in [2.05, 4.69) is 6.07 Å². The summed E-state index contributed by atoms with van der Waals surface area (Å²) in [6, 6.07) is 7.19. The highest BCUT2D eigenvalue weighted by atomic mass is 16.4. The number of hydrogen-bond donors (Lipinski definition) is 2. The summed E-state index contributed by atoms with van der Waals surface area (Å²) in [7, 11) is 0. The number of aromatic carboxylic acids is 1. The number of carboxylic acids is 1. The van der Waals surface area contributed by atoms with Crippen LogP contribution < -0.4 is 5.73 Å². The van der Waals surface area contributed by atoms with Crippen molar-refractivity contribution in [2.75, 3.05) is 19.6 Å². The molecular formula is C22H27N5O4. The molecule has 3 aliphatic rings. The molecule has 9 heteroatoms. The molecular weight excluding hydrogens is 398 g/mol. The fraction of sp³-hybridized carbons (Fsp3) is 0.545. The Morgan fingerprint density at radius 1 is 1.32 bits per heavy atom. The molecule has 0 aliphatic carbocycles. The van der Waals surface area contributed by atoms with E-state index in [0.717, 1.165) is 12.0 Å². The van der Waals surface area contributed by atoms with Gasteiger partial charge in [-0.05, 0) is 43.9 Å². The van der Waals surface area contributed by atoms with Crippen molar-refractivity contribution in [1.82, 2.24) is 14.7 Å². The molecule has 2 bridgehead atoms. The lowest BCUT2D eigenvalue weighted by molar-refractivity contribution is -0.141. The van der Waals surface area contributed by atoms with Crippen molar-refractivity contribution in [2.24, 2.45) is 5.73 Å². The van der Waals surface area contributed by atoms with Gasteiger partial charge in [0.25, 0.3) is 0 Å². The lowest BCUT2D eigenvalue weighted by Gasteiger charge is -2.38. The summed E-state index contributed by atoms with van der Waals surface area (Å²) in [4.78, 5) is 42.3. The zero-order chi connectivity index (χ0) is 22.3. The third kappa shape index (κ3) is 3.77. The number of nitriles is 1. The van der Waals surface area contributed by atoms with E-state index in [-0.39, 0.29) is 35.5 Å². The van der Waals surface area contributed by atoms with Crippen molar-refractivity contribution in [1.29, 1.82) is 5.26 Å². The topological polar surface area (TPSA) is 131 Å². The molecule has 5 atom stereocenters. The second kappa shape index (κ2) is 8.29. The molecule has 1 aromatic rings. The van der Waals surface area contributed by atoms with Crippen molar-refractivity contribution >= 4 is 17.8 Å². The van der Waals surface area contributed by atoms with Gasteiger partial charge in [-0.2, -0.15) is 5.26 Å². The highest BCUT2D eigenvalue weighted by Gasteiger charge is 2.51. The van der Waals surface area contributed by atoms with Gasteiger partial charge >= 0.3 is 5.97 Å². The van der Waals surface area contributed by atoms with Gasteiger partial charge in [-0.3, -0.25) is 14.5 Å². The number of rotatable bonds is 6. The van der Waals surface area contributed by atoms with E-state index in [9.17, 15) is 19.6 Å². The number of nitrogens with zero attached hydrogens (tertiary/aromatic N) is 4. The van der Waals surface area contributed by atoms with Crippen molar-refractivity contribution in [3.05, 3.63) is 35.4 Å². The molecule has 0 saturated carbocycles. The predicted octanol–water partition coefficient (Wildman–Crippen LogP) is 0.573. The molecule has 9 nitrogen and oxygen atoms in total. The Kier molecular flexibility index (Phi) is 5.69. The molecule has 0 spiro atoms. The smallest absolute Gasteiger partial charge is 0.335 e. The highest BCUT2D eigenvalue weighted by molar-refractivity contribution is 5.88. The van der Waals surface area contributed by atoms with E-state index in [1.807, 2.05) is 16.7 Å². The van der Waals surface area contributed by atoms with Crippen LogP contribution >= 0.6 is 0 Å². The van der Waals surface area contributed by atoms with E-state index in [1.54, 1.807) is 29.2 Å². The summed E-state index contributed by atoms with van der Waals surface area (Å²) >= 11 is 0. The maximum Gasteiger partial charge on any atom is 0.335 e. The van der Waals surface area contributed by atoms with E-state index >= 15 is 0 Å². The summed E-state index contributed by atoms with van der Waals surface area (Å²) in [5, 5.41) is 18.3. The Morgan fingerprint density at radius 3 is 2.65 bits per heavy atom. The maximum absolute atomic E-state index is 13.1. The van der Waals surface area contributed by atoms with Gasteiger partial charge in [-0.25, -0.2) is 4.79 Å². The standard InChI is InChI=1S/C22H27N5O4/c1-13(14-4-6-15(7-5-14)22(30)31)27-17-9-19(21(27)29)25(11-17)12-18(24)20(28)26-8-2-3-16(26)10-23/h4-7,13,16-19H,2-3,8-9,11-12,24H2,1H3,(H,30,31)/t13-,16-,17?,18-,19?/m0/s1. The fourth-order valence-corrected chi connectivity index (χ4v) is 5.17. The monoisotopic (exact) mass is 425 g/mol. The number of hydrogen-bond acceptors (Lipinski definition) is 6. The summed E-state index contributed by atoms with van der Waals surface area (Å²) in [5.74, 6) is -1.18. The van der Waals surface area contributed by atoms with Crippen LogP contribution in [-0.2, 0) is 9.59 Å². The van der Waals surface area contributed by atoms with Crippen molar-refractivity contribution in [3.8, 4) is 6.07 Å². The average Bonchev–Trinajstić information content (AvgIpc) is 3.47. The first-order valence-electron chi connectivity index (χ1n) is 10.7. The predicted molar refractivity (Wildman–Crippen MR) is 111 cm³/mol. The number of carbonyl (C=O) groups is 3. The fourth-order valence-electron chi connectivity index (χ4n) is 5.17. The second-order valence-corrected chi connectivity index (χ2v) is 8.63. The Hall–Kier alpha value is -2.96. The molecule has 3 heterocycles. The normalized spacial score (nSPS) is 27.4. The number of amides is 2. The Balaban J connectivity index is 1.39. The van der Waals surface area contributed by atoms with Crippen LogP contribution in [0.3, 0.4) is 0 Å². The second-order valence-electron chi connectivity index (χ2n) is 8.63. The third-order valence-electron chi connectivity index (χ3n) is 6.80. The number of piperazine rings is 1. The number of benzene rings is 1. The number of fused-ring (bicyclic) bond motifs is 2. The van der Waals surface area contributed by atoms with E-state index in [0.29, 0.717) is 32.5 Å². The summed E-state index contributed by atoms with van der Waals surface area (Å²) in [5.41, 5.74) is 7.28. The first-order chi connectivity index (χ1) is 14.8. The molecule has 0 radical (unpaired) electrons. The van der Waals surface area contributed by atoms with Crippen LogP contribution in [0.4, 0.5) is 0 Å². The first kappa shape index (κ1) is 21.3. The SMILES string of the molecule is C[C@@H](c1ccc(C(=O)O)cc1)N1C(=O)C2CC1CN2C[C@H](N)C(=O)N1CCC[C@H]1C#N. The molecule has 3 aliphatic heterocycles.